The molecule has 0 spiro atoms. The van der Waals surface area contributed by atoms with E-state index in [1.165, 1.54) is 5.39 Å². The Balaban J connectivity index is -0.0000000174. The van der Waals surface area contributed by atoms with E-state index in [1.807, 2.05) is 36.4 Å². The van der Waals surface area contributed by atoms with Gasteiger partial charge in [-0.1, -0.05) is 12.1 Å². The number of para-hydroxylation sites is 1. The molecule has 158 valence electrons. The van der Waals surface area contributed by atoms with Crippen molar-refractivity contribution >= 4 is 43.3 Å². The van der Waals surface area contributed by atoms with Gasteiger partial charge in [0.2, 0.25) is 0 Å². The zero-order chi connectivity index (χ0) is 11.6. The molecule has 0 atom stereocenters. The number of hydrogen-bond acceptors (Lipinski definition) is 0. The van der Waals surface area contributed by atoms with Crippen LogP contribution < -0.4 is 0 Å². The van der Waals surface area contributed by atoms with Crippen LogP contribution in [0, 0.1) is 71.7 Å². The van der Waals surface area contributed by atoms with Gasteiger partial charge < -0.3 is 64.4 Å². The number of fused-ring (bicyclic) bond motifs is 1. The number of H-pyrrole nitrogens is 1. The minimum atomic E-state index is 0. The van der Waals surface area contributed by atoms with Crippen LogP contribution in [0.25, 0.3) is 10.9 Å². The minimum Gasteiger partial charge on any atom is -0.477 e. The molecule has 0 bridgehead atoms. The zero-order valence-electron chi connectivity index (χ0n) is 17.6. The Bertz CT molecular complexity index is 445. The van der Waals surface area contributed by atoms with Crippen LogP contribution in [0.2, 0.25) is 0 Å². The third-order valence-electron chi connectivity index (χ3n) is 1.98. The Morgan fingerprint density at radius 1 is 0.846 bits per heavy atom. The third kappa shape index (κ3) is 26.0. The van der Waals surface area contributed by atoms with Gasteiger partial charge in [-0.3, -0.25) is 6.08 Å². The maximum atomic E-state index is 2.99. The van der Waals surface area contributed by atoms with Crippen molar-refractivity contribution in [3.05, 3.63) is 120 Å². The fraction of sp³-hybridized carbons (Fsp3) is 0.0476. The van der Waals surface area contributed by atoms with Crippen LogP contribution >= 0.6 is 24.8 Å². The summed E-state index contributed by atoms with van der Waals surface area (Å²) in [6.07, 6.45) is 12.9. The van der Waals surface area contributed by atoms with Crippen molar-refractivity contribution < 1.29 is 19.2 Å². The molecule has 0 aliphatic heterocycles. The zero-order valence-corrected chi connectivity index (χ0v) is 21.8. The Hall–Kier alpha value is -0.249. The van der Waals surface area contributed by atoms with Crippen LogP contribution in [-0.2, 0) is 19.2 Å². The molecule has 0 saturated heterocycles. The second-order valence-corrected chi connectivity index (χ2v) is 3.00. The molecule has 2 aromatic rings. The standard InChI is InChI=1S/C8H6N.C5H5.8CH3.2ClH.Si.Ti/c1-2-4-8-7(3-1)5-6-9-8;1-2-4-5-3-1;;;;;;;;;;;;/h1-5,9H;1-3H,4H2;8*1H3;2*1H;;/q10*-1;;;;. The third-order valence-corrected chi connectivity index (χ3v) is 1.98. The largest absolute Gasteiger partial charge is 0.477 e. The van der Waals surface area contributed by atoms with Crippen LogP contribution in [0.4, 0.5) is 0 Å². The molecule has 1 N–H and O–H groups in total. The number of aromatic amines is 1. The second kappa shape index (κ2) is 44.3. The van der Waals surface area contributed by atoms with Crippen molar-refractivity contribution in [3.8, 4) is 0 Å². The van der Waals surface area contributed by atoms with Gasteiger partial charge in [-0.15, -0.1) is 55.1 Å². The summed E-state index contributed by atoms with van der Waals surface area (Å²) in [7, 11) is 2.97. The van der Waals surface area contributed by atoms with E-state index in [1.54, 1.807) is 19.2 Å². The van der Waals surface area contributed by atoms with Crippen molar-refractivity contribution in [3.63, 3.8) is 0 Å². The summed E-state index contributed by atoms with van der Waals surface area (Å²) in [6.45, 7) is 0. The molecule has 26 heavy (non-hydrogen) atoms. The van der Waals surface area contributed by atoms with Crippen LogP contribution in [-0.4, -0.2) is 12.6 Å². The molecule has 1 aromatic carbocycles. The molecule has 1 aliphatic carbocycles. The van der Waals surface area contributed by atoms with Gasteiger partial charge in [0.05, 0.1) is 0 Å². The first kappa shape index (κ1) is 63.6. The van der Waals surface area contributed by atoms with E-state index in [0.717, 1.165) is 11.9 Å². The van der Waals surface area contributed by atoms with Crippen molar-refractivity contribution in [2.45, 2.75) is 6.42 Å². The van der Waals surface area contributed by atoms with Gasteiger partial charge in [-0.05, 0) is 0 Å². The maximum Gasteiger partial charge on any atom is -0.0745 e. The number of hydrogen-bond donors (Lipinski definition) is 1. The number of allylic oxidation sites excluding steroid dienone is 4. The van der Waals surface area contributed by atoms with Crippen molar-refractivity contribution in [2.24, 2.45) is 0 Å². The van der Waals surface area contributed by atoms with E-state index >= 15 is 0 Å². The molecular formula is C21H37Cl2NSiTi-10. The summed E-state index contributed by atoms with van der Waals surface area (Å²) in [5.41, 5.74) is 1.15. The summed E-state index contributed by atoms with van der Waals surface area (Å²) < 4.78 is 0. The summed E-state index contributed by atoms with van der Waals surface area (Å²) in [6, 6.07) is 10.1. The summed E-state index contributed by atoms with van der Waals surface area (Å²) in [5.74, 6) is 0. The quantitative estimate of drug-likeness (QED) is 0.319. The number of benzene rings is 1. The maximum absolute atomic E-state index is 2.99. The van der Waals surface area contributed by atoms with Crippen molar-refractivity contribution in [1.29, 1.82) is 0 Å². The van der Waals surface area contributed by atoms with E-state index in [9.17, 15) is 0 Å². The summed E-state index contributed by atoms with van der Waals surface area (Å²) in [5, 5.41) is 1.22. The van der Waals surface area contributed by atoms with Gasteiger partial charge in [0.1, 0.15) is 0 Å². The van der Waals surface area contributed by atoms with Crippen LogP contribution in [0.5, 0.6) is 0 Å². The average molecular weight is 450 g/mol. The Labute approximate surface area is 193 Å². The minimum absolute atomic E-state index is 0. The molecule has 1 aromatic heterocycles. The molecule has 1 nitrogen and oxygen atoms in total. The fourth-order valence-corrected chi connectivity index (χ4v) is 1.27. The van der Waals surface area contributed by atoms with Crippen molar-refractivity contribution in [1.82, 2.24) is 4.98 Å². The number of aromatic nitrogens is 1. The Morgan fingerprint density at radius 3 is 1.69 bits per heavy atom. The van der Waals surface area contributed by atoms with Gasteiger partial charge >= 0.3 is 26.8 Å². The van der Waals surface area contributed by atoms with E-state index in [4.69, 9.17) is 0 Å². The molecule has 0 fully saturated rings. The molecule has 1 aliphatic rings. The van der Waals surface area contributed by atoms with Gasteiger partial charge in [0.25, 0.3) is 0 Å². The van der Waals surface area contributed by atoms with Gasteiger partial charge in [0.15, 0.2) is 0 Å². The van der Waals surface area contributed by atoms with Crippen LogP contribution in [0.3, 0.4) is 0 Å². The first-order valence-electron chi connectivity index (χ1n) is 4.87. The predicted octanol–water partition coefficient (Wildman–Crippen LogP) is 7.34. The SMILES string of the molecule is Cl.Cl.[C-]1=CC=CC1.[CH3-].[CH3-].[CH3-].[CH3-].[CH3-].[CH3-].[CH3-].[CH3-].[Si]=[Ti].[c-]1cc2ccccc2[nH]1. The van der Waals surface area contributed by atoms with Gasteiger partial charge in [-0.2, -0.15) is 17.5 Å². The average Bonchev–Trinajstić information content (AvgIpc) is 3.06. The van der Waals surface area contributed by atoms with Gasteiger partial charge in [-0.25, -0.2) is 12.2 Å². The predicted molar refractivity (Wildman–Crippen MR) is 130 cm³/mol. The van der Waals surface area contributed by atoms with Crippen molar-refractivity contribution in [2.75, 3.05) is 0 Å². The molecular weight excluding hydrogens is 413 g/mol. The molecule has 2 radical (unpaired) electrons. The normalized spacial score (nSPS) is 7.04. The molecule has 0 amide bonds. The first-order valence-corrected chi connectivity index (χ1v) is 7.71. The summed E-state index contributed by atoms with van der Waals surface area (Å²) in [4.78, 5) is 2.99. The topological polar surface area (TPSA) is 15.8 Å². The van der Waals surface area contributed by atoms with E-state index in [2.05, 4.69) is 37.0 Å². The van der Waals surface area contributed by atoms with Gasteiger partial charge in [0, 0.05) is 0 Å². The molecule has 0 saturated carbocycles. The second-order valence-electron chi connectivity index (χ2n) is 3.00. The van der Waals surface area contributed by atoms with E-state index in [-0.39, 0.29) is 84.2 Å². The van der Waals surface area contributed by atoms with Crippen LogP contribution in [0.1, 0.15) is 6.42 Å². The summed E-state index contributed by atoms with van der Waals surface area (Å²) >= 11 is 1.81. The Kier molecular flexibility index (Phi) is 108. The first-order chi connectivity index (χ1) is 7.97. The van der Waals surface area contributed by atoms with E-state index in [0.29, 0.717) is 0 Å². The Morgan fingerprint density at radius 2 is 1.35 bits per heavy atom. The number of nitrogens with one attached hydrogen (secondary N) is 1. The molecule has 5 heteroatoms. The molecule has 1 heterocycles. The molecule has 3 rings (SSSR count). The fourth-order valence-electron chi connectivity index (χ4n) is 1.27. The molecule has 0 unspecified atom stereocenters. The van der Waals surface area contributed by atoms with E-state index < -0.39 is 0 Å². The number of rotatable bonds is 0. The monoisotopic (exact) mass is 449 g/mol. The number of halogens is 2. The smallest absolute Gasteiger partial charge is 0.0745 e. The van der Waals surface area contributed by atoms with Crippen LogP contribution in [0.15, 0.2) is 48.6 Å².